The van der Waals surface area contributed by atoms with E-state index in [1.54, 1.807) is 0 Å². The van der Waals surface area contributed by atoms with Crippen molar-refractivity contribution in [2.45, 2.75) is 51.4 Å². The molecule has 1 aromatic heterocycles. The molecule has 1 aliphatic carbocycles. The zero-order valence-electron chi connectivity index (χ0n) is 17.9. The van der Waals surface area contributed by atoms with Gasteiger partial charge in [0.25, 0.3) is 0 Å². The zero-order valence-corrected chi connectivity index (χ0v) is 17.9. The molecule has 4 heteroatoms. The number of hydrogen-bond acceptors (Lipinski definition) is 3. The smallest absolute Gasteiger partial charge is 0.159 e. The molecule has 29 heavy (non-hydrogen) atoms. The van der Waals surface area contributed by atoms with Gasteiger partial charge in [-0.05, 0) is 55.7 Å². The maximum Gasteiger partial charge on any atom is 0.159 e. The van der Waals surface area contributed by atoms with Gasteiger partial charge in [0.1, 0.15) is 5.75 Å². The first-order chi connectivity index (χ1) is 13.7. The maximum absolute atomic E-state index is 5.67. The highest BCUT2D eigenvalue weighted by Crippen LogP contribution is 2.54. The standard InChI is InChI=1S/C25H31N3O/c1-7-20-18(13-23(28-20)24(4,5)6)12-16(2)27-17(3)25(10-11-25)19-8-9-21-22(14-19)29-15-26-21/h7-9,12-14,26-28H,1,3,10-11,15H2,2,4-6H3/b16-12+. The Morgan fingerprint density at radius 2 is 2.00 bits per heavy atom. The SMILES string of the molecule is C=Cc1[nH]c(C(C)(C)C)cc1/C=C(\C)NC(=C)C1(c2ccc3c(c2)OCN3)CC1. The van der Waals surface area contributed by atoms with Gasteiger partial charge in [-0.1, -0.05) is 40.0 Å². The molecule has 3 N–H and O–H groups in total. The summed E-state index contributed by atoms with van der Waals surface area (Å²) < 4.78 is 5.67. The third-order valence-electron chi connectivity index (χ3n) is 5.96. The molecule has 0 spiro atoms. The monoisotopic (exact) mass is 389 g/mol. The van der Waals surface area contributed by atoms with Crippen LogP contribution in [0.2, 0.25) is 0 Å². The summed E-state index contributed by atoms with van der Waals surface area (Å²) in [4.78, 5) is 3.49. The van der Waals surface area contributed by atoms with Crippen LogP contribution in [-0.4, -0.2) is 11.7 Å². The molecule has 152 valence electrons. The van der Waals surface area contributed by atoms with Gasteiger partial charge >= 0.3 is 0 Å². The number of hydrogen-bond donors (Lipinski definition) is 3. The number of ether oxygens (including phenoxy) is 1. The predicted octanol–water partition coefficient (Wildman–Crippen LogP) is 5.91. The number of benzene rings is 1. The van der Waals surface area contributed by atoms with Crippen LogP contribution in [0.15, 0.2) is 48.8 Å². The van der Waals surface area contributed by atoms with E-state index in [2.05, 4.69) is 86.8 Å². The van der Waals surface area contributed by atoms with Crippen LogP contribution in [0.5, 0.6) is 5.75 Å². The fraction of sp³-hybridized carbons (Fsp3) is 0.360. The molecule has 0 unspecified atom stereocenters. The summed E-state index contributed by atoms with van der Waals surface area (Å²) in [6.07, 6.45) is 6.26. The average Bonchev–Trinajstić information content (AvgIpc) is 3.16. The van der Waals surface area contributed by atoms with E-state index in [1.165, 1.54) is 11.3 Å². The highest BCUT2D eigenvalue weighted by atomic mass is 16.5. The molecule has 2 aliphatic rings. The lowest BCUT2D eigenvalue weighted by Crippen LogP contribution is -2.22. The molecule has 4 nitrogen and oxygen atoms in total. The predicted molar refractivity (Wildman–Crippen MR) is 122 cm³/mol. The summed E-state index contributed by atoms with van der Waals surface area (Å²) in [6.45, 7) is 17.6. The van der Waals surface area contributed by atoms with E-state index in [-0.39, 0.29) is 10.8 Å². The summed E-state index contributed by atoms with van der Waals surface area (Å²) >= 11 is 0. The zero-order chi connectivity index (χ0) is 20.8. The lowest BCUT2D eigenvalue weighted by Gasteiger charge is -2.21. The Morgan fingerprint density at radius 1 is 1.24 bits per heavy atom. The lowest BCUT2D eigenvalue weighted by molar-refractivity contribution is 0.372. The lowest BCUT2D eigenvalue weighted by atomic mass is 9.92. The van der Waals surface area contributed by atoms with Crippen LogP contribution in [0, 0.1) is 0 Å². The summed E-state index contributed by atoms with van der Waals surface area (Å²) in [6, 6.07) is 8.67. The Labute approximate surface area is 173 Å². The normalized spacial score (nSPS) is 17.2. The van der Waals surface area contributed by atoms with Crippen molar-refractivity contribution in [1.29, 1.82) is 0 Å². The van der Waals surface area contributed by atoms with E-state index in [9.17, 15) is 0 Å². The van der Waals surface area contributed by atoms with Crippen LogP contribution in [0.1, 0.15) is 63.1 Å². The van der Waals surface area contributed by atoms with Gasteiger partial charge in [0, 0.05) is 39.2 Å². The molecule has 0 amide bonds. The minimum atomic E-state index is -0.00787. The maximum atomic E-state index is 5.67. The summed E-state index contributed by atoms with van der Waals surface area (Å²) in [5, 5.41) is 6.79. The van der Waals surface area contributed by atoms with E-state index < -0.39 is 0 Å². The van der Waals surface area contributed by atoms with Gasteiger partial charge in [-0.3, -0.25) is 0 Å². The van der Waals surface area contributed by atoms with Crippen molar-refractivity contribution < 1.29 is 4.74 Å². The molecular weight excluding hydrogens is 358 g/mol. The summed E-state index contributed by atoms with van der Waals surface area (Å²) in [7, 11) is 0. The fourth-order valence-corrected chi connectivity index (χ4v) is 3.97. The van der Waals surface area contributed by atoms with Crippen molar-refractivity contribution >= 4 is 17.8 Å². The van der Waals surface area contributed by atoms with Crippen LogP contribution < -0.4 is 15.4 Å². The molecule has 1 aliphatic heterocycles. The minimum absolute atomic E-state index is 0.00787. The van der Waals surface area contributed by atoms with Gasteiger partial charge in [-0.2, -0.15) is 0 Å². The largest absolute Gasteiger partial charge is 0.471 e. The number of aromatic nitrogens is 1. The van der Waals surface area contributed by atoms with Crippen molar-refractivity contribution in [1.82, 2.24) is 10.3 Å². The molecular formula is C25H31N3O. The van der Waals surface area contributed by atoms with Gasteiger partial charge in [-0.25, -0.2) is 0 Å². The summed E-state index contributed by atoms with van der Waals surface area (Å²) in [5.41, 5.74) is 7.91. The quantitative estimate of drug-likeness (QED) is 0.575. The minimum Gasteiger partial charge on any atom is -0.471 e. The number of anilines is 1. The molecule has 0 saturated heterocycles. The fourth-order valence-electron chi connectivity index (χ4n) is 3.97. The van der Waals surface area contributed by atoms with Crippen molar-refractivity contribution in [2.75, 3.05) is 12.0 Å². The Bertz CT molecular complexity index is 1000. The highest BCUT2D eigenvalue weighted by Gasteiger charge is 2.47. The van der Waals surface area contributed by atoms with Crippen molar-refractivity contribution in [3.63, 3.8) is 0 Å². The second-order valence-corrected chi connectivity index (χ2v) is 9.20. The van der Waals surface area contributed by atoms with Gasteiger partial charge in [0.15, 0.2) is 6.73 Å². The molecule has 0 radical (unpaired) electrons. The van der Waals surface area contributed by atoms with Crippen LogP contribution in [0.4, 0.5) is 5.69 Å². The first-order valence-electron chi connectivity index (χ1n) is 10.2. The van der Waals surface area contributed by atoms with Gasteiger partial charge in [-0.15, -0.1) is 0 Å². The van der Waals surface area contributed by atoms with Crippen LogP contribution in [-0.2, 0) is 10.8 Å². The second kappa shape index (κ2) is 6.87. The van der Waals surface area contributed by atoms with Crippen molar-refractivity contribution in [3.05, 3.63) is 71.3 Å². The first kappa shape index (κ1) is 19.4. The highest BCUT2D eigenvalue weighted by molar-refractivity contribution is 5.66. The van der Waals surface area contributed by atoms with E-state index in [0.717, 1.165) is 46.9 Å². The first-order valence-corrected chi connectivity index (χ1v) is 10.2. The average molecular weight is 390 g/mol. The van der Waals surface area contributed by atoms with Crippen molar-refractivity contribution in [2.24, 2.45) is 0 Å². The van der Waals surface area contributed by atoms with Crippen LogP contribution in [0.3, 0.4) is 0 Å². The molecule has 1 fully saturated rings. The molecule has 4 rings (SSSR count). The van der Waals surface area contributed by atoms with E-state index >= 15 is 0 Å². The van der Waals surface area contributed by atoms with Crippen LogP contribution in [0.25, 0.3) is 12.2 Å². The Balaban J connectivity index is 1.54. The number of allylic oxidation sites excluding steroid dienone is 2. The van der Waals surface area contributed by atoms with Gasteiger partial charge < -0.3 is 20.4 Å². The number of H-pyrrole nitrogens is 1. The van der Waals surface area contributed by atoms with E-state index in [1.807, 2.05) is 6.08 Å². The molecule has 0 atom stereocenters. The molecule has 0 bridgehead atoms. The molecule has 1 saturated carbocycles. The topological polar surface area (TPSA) is 49.1 Å². The number of nitrogens with one attached hydrogen (secondary N) is 3. The Hall–Kier alpha value is -2.88. The number of rotatable bonds is 6. The molecule has 2 aromatic rings. The Kier molecular flexibility index (Phi) is 4.60. The van der Waals surface area contributed by atoms with E-state index in [4.69, 9.17) is 4.74 Å². The molecule has 1 aromatic carbocycles. The van der Waals surface area contributed by atoms with Gasteiger partial charge in [0.05, 0.1) is 5.69 Å². The second-order valence-electron chi connectivity index (χ2n) is 9.20. The number of aromatic amines is 1. The third kappa shape index (κ3) is 3.59. The van der Waals surface area contributed by atoms with Crippen LogP contribution >= 0.6 is 0 Å². The number of fused-ring (bicyclic) bond motifs is 1. The van der Waals surface area contributed by atoms with Crippen molar-refractivity contribution in [3.8, 4) is 5.75 Å². The van der Waals surface area contributed by atoms with E-state index in [0.29, 0.717) is 6.73 Å². The summed E-state index contributed by atoms with van der Waals surface area (Å²) in [5.74, 6) is 0.937. The Morgan fingerprint density at radius 3 is 2.66 bits per heavy atom. The molecule has 2 heterocycles. The third-order valence-corrected chi connectivity index (χ3v) is 5.96. The van der Waals surface area contributed by atoms with Gasteiger partial charge in [0.2, 0.25) is 0 Å².